The fraction of sp³-hybridized carbons (Fsp3) is 0.684. The van der Waals surface area contributed by atoms with Crippen molar-refractivity contribution in [2.24, 2.45) is 0 Å². The highest BCUT2D eigenvalue weighted by Crippen LogP contribution is 2.30. The number of aromatic nitrogens is 5. The molecule has 0 bridgehead atoms. The third-order valence-electron chi connectivity index (χ3n) is 5.42. The lowest BCUT2D eigenvalue weighted by molar-refractivity contribution is 0.463. The molecule has 6 heteroatoms. The molecule has 0 saturated carbocycles. The van der Waals surface area contributed by atoms with E-state index < -0.39 is 0 Å². The number of aryl methyl sites for hydroxylation is 1. The Morgan fingerprint density at radius 1 is 1.08 bits per heavy atom. The topological polar surface area (TPSA) is 59.7 Å². The maximum absolute atomic E-state index is 4.79. The molecule has 6 nitrogen and oxygen atoms in total. The van der Waals surface area contributed by atoms with Crippen LogP contribution < -0.4 is 4.90 Å². The van der Waals surface area contributed by atoms with Crippen LogP contribution in [0.3, 0.4) is 0 Å². The third kappa shape index (κ3) is 3.39. The molecule has 2 aromatic rings. The summed E-state index contributed by atoms with van der Waals surface area (Å²) in [4.78, 5) is 11.6. The molecule has 25 heavy (non-hydrogen) atoms. The van der Waals surface area contributed by atoms with Gasteiger partial charge in [-0.25, -0.2) is 9.97 Å². The molecule has 0 amide bonds. The number of fused-ring (bicyclic) bond motifs is 1. The van der Waals surface area contributed by atoms with Gasteiger partial charge >= 0.3 is 0 Å². The van der Waals surface area contributed by atoms with Gasteiger partial charge in [-0.3, -0.25) is 0 Å². The van der Waals surface area contributed by atoms with Crippen LogP contribution in [-0.4, -0.2) is 37.8 Å². The van der Waals surface area contributed by atoms with Gasteiger partial charge in [0.2, 0.25) is 0 Å². The standard InChI is InChI=1S/C19H28N6/c1-14(2)18-20-10-9-16(21-18)24-11-6-7-15(13-24)19-23-22-17-8-4-3-5-12-25(17)19/h9-10,14-15H,3-8,11-13H2,1-2H3/t15-/m1/s1. The van der Waals surface area contributed by atoms with Gasteiger partial charge in [-0.1, -0.05) is 20.3 Å². The SMILES string of the molecule is CC(C)c1nccc(N2CCC[C@@H](c3nnc4n3CCCCC4)C2)n1. The summed E-state index contributed by atoms with van der Waals surface area (Å²) < 4.78 is 2.40. The normalized spacial score (nSPS) is 21.2. The minimum atomic E-state index is 0.354. The highest BCUT2D eigenvalue weighted by atomic mass is 15.3. The van der Waals surface area contributed by atoms with Crippen molar-refractivity contribution in [3.8, 4) is 0 Å². The first-order valence-corrected chi connectivity index (χ1v) is 9.72. The van der Waals surface area contributed by atoms with E-state index in [-0.39, 0.29) is 0 Å². The Balaban J connectivity index is 1.56. The zero-order valence-electron chi connectivity index (χ0n) is 15.4. The maximum atomic E-state index is 4.79. The summed E-state index contributed by atoms with van der Waals surface area (Å²) in [5, 5.41) is 9.09. The van der Waals surface area contributed by atoms with Crippen molar-refractivity contribution in [3.05, 3.63) is 29.7 Å². The quantitative estimate of drug-likeness (QED) is 0.858. The van der Waals surface area contributed by atoms with Crippen molar-refractivity contribution in [3.63, 3.8) is 0 Å². The van der Waals surface area contributed by atoms with Gasteiger partial charge in [-0.15, -0.1) is 10.2 Å². The Bertz CT molecular complexity index is 722. The van der Waals surface area contributed by atoms with E-state index in [9.17, 15) is 0 Å². The molecule has 1 fully saturated rings. The molecule has 0 unspecified atom stereocenters. The molecule has 0 aliphatic carbocycles. The molecule has 4 rings (SSSR count). The average Bonchev–Trinajstić information content (AvgIpc) is 2.90. The number of hydrogen-bond acceptors (Lipinski definition) is 5. The van der Waals surface area contributed by atoms with Crippen molar-refractivity contribution in [2.45, 2.75) is 70.8 Å². The molecule has 1 atom stereocenters. The van der Waals surface area contributed by atoms with E-state index in [1.54, 1.807) is 0 Å². The Kier molecular flexibility index (Phi) is 4.68. The summed E-state index contributed by atoms with van der Waals surface area (Å²) in [7, 11) is 0. The van der Waals surface area contributed by atoms with Gasteiger partial charge in [0.05, 0.1) is 0 Å². The fourth-order valence-corrected chi connectivity index (χ4v) is 4.02. The first-order valence-electron chi connectivity index (χ1n) is 9.72. The van der Waals surface area contributed by atoms with Crippen LogP contribution in [0, 0.1) is 0 Å². The van der Waals surface area contributed by atoms with Crippen LogP contribution in [-0.2, 0) is 13.0 Å². The second-order valence-corrected chi connectivity index (χ2v) is 7.65. The summed E-state index contributed by atoms with van der Waals surface area (Å²) in [5.41, 5.74) is 0. The van der Waals surface area contributed by atoms with E-state index in [0.29, 0.717) is 11.8 Å². The van der Waals surface area contributed by atoms with Gasteiger partial charge in [0.15, 0.2) is 0 Å². The summed E-state index contributed by atoms with van der Waals surface area (Å²) in [6.45, 7) is 7.41. The number of anilines is 1. The summed E-state index contributed by atoms with van der Waals surface area (Å²) in [6, 6.07) is 2.04. The lowest BCUT2D eigenvalue weighted by Gasteiger charge is -2.33. The fourth-order valence-electron chi connectivity index (χ4n) is 4.02. The minimum absolute atomic E-state index is 0.354. The van der Waals surface area contributed by atoms with E-state index in [1.165, 1.54) is 43.8 Å². The number of rotatable bonds is 3. The molecule has 2 aliphatic heterocycles. The summed E-state index contributed by atoms with van der Waals surface area (Å²) in [5.74, 6) is 5.17. The Hall–Kier alpha value is -1.98. The van der Waals surface area contributed by atoms with Crippen LogP contribution in [0.2, 0.25) is 0 Å². The molecule has 134 valence electrons. The number of hydrogen-bond donors (Lipinski definition) is 0. The van der Waals surface area contributed by atoms with Crippen molar-refractivity contribution in [1.29, 1.82) is 0 Å². The van der Waals surface area contributed by atoms with Gasteiger partial charge in [0.25, 0.3) is 0 Å². The van der Waals surface area contributed by atoms with Gasteiger partial charge in [0, 0.05) is 44.1 Å². The zero-order valence-corrected chi connectivity index (χ0v) is 15.4. The van der Waals surface area contributed by atoms with E-state index in [1.807, 2.05) is 12.3 Å². The molecule has 0 aromatic carbocycles. The molecular formula is C19H28N6. The lowest BCUT2D eigenvalue weighted by Crippen LogP contribution is -2.36. The molecular weight excluding hydrogens is 312 g/mol. The van der Waals surface area contributed by atoms with E-state index in [2.05, 4.69) is 38.5 Å². The van der Waals surface area contributed by atoms with E-state index >= 15 is 0 Å². The van der Waals surface area contributed by atoms with Crippen LogP contribution in [0.5, 0.6) is 0 Å². The lowest BCUT2D eigenvalue weighted by atomic mass is 9.97. The van der Waals surface area contributed by atoms with Gasteiger partial charge < -0.3 is 9.47 Å². The van der Waals surface area contributed by atoms with Crippen LogP contribution in [0.4, 0.5) is 5.82 Å². The molecule has 4 heterocycles. The Morgan fingerprint density at radius 3 is 2.88 bits per heavy atom. The summed E-state index contributed by atoms with van der Waals surface area (Å²) in [6.07, 6.45) is 9.13. The van der Waals surface area contributed by atoms with E-state index in [4.69, 9.17) is 4.98 Å². The second kappa shape index (κ2) is 7.10. The first kappa shape index (κ1) is 16.5. The molecule has 0 N–H and O–H groups in total. The minimum Gasteiger partial charge on any atom is -0.356 e. The van der Waals surface area contributed by atoms with E-state index in [0.717, 1.165) is 37.7 Å². The second-order valence-electron chi connectivity index (χ2n) is 7.65. The first-order chi connectivity index (χ1) is 12.2. The predicted octanol–water partition coefficient (Wildman–Crippen LogP) is 3.30. The van der Waals surface area contributed by atoms with Crippen LogP contribution in [0.15, 0.2) is 12.3 Å². The predicted molar refractivity (Wildman–Crippen MR) is 97.9 cm³/mol. The number of piperidine rings is 1. The van der Waals surface area contributed by atoms with Gasteiger partial charge in [-0.05, 0) is 31.7 Å². The Morgan fingerprint density at radius 2 is 2.00 bits per heavy atom. The van der Waals surface area contributed by atoms with Crippen molar-refractivity contribution in [2.75, 3.05) is 18.0 Å². The molecule has 2 aliphatic rings. The molecule has 0 radical (unpaired) electrons. The molecule has 1 saturated heterocycles. The smallest absolute Gasteiger partial charge is 0.137 e. The monoisotopic (exact) mass is 340 g/mol. The maximum Gasteiger partial charge on any atom is 0.137 e. The highest BCUT2D eigenvalue weighted by molar-refractivity contribution is 5.39. The van der Waals surface area contributed by atoms with Gasteiger partial charge in [-0.2, -0.15) is 0 Å². The zero-order chi connectivity index (χ0) is 17.2. The van der Waals surface area contributed by atoms with Crippen molar-refractivity contribution >= 4 is 5.82 Å². The molecule has 2 aromatic heterocycles. The van der Waals surface area contributed by atoms with Crippen LogP contribution in [0.1, 0.15) is 75.3 Å². The number of nitrogens with zero attached hydrogens (tertiary/aromatic N) is 6. The molecule has 0 spiro atoms. The highest BCUT2D eigenvalue weighted by Gasteiger charge is 2.28. The van der Waals surface area contributed by atoms with Crippen LogP contribution >= 0.6 is 0 Å². The van der Waals surface area contributed by atoms with Crippen LogP contribution in [0.25, 0.3) is 0 Å². The average molecular weight is 340 g/mol. The van der Waals surface area contributed by atoms with Gasteiger partial charge in [0.1, 0.15) is 23.3 Å². The largest absolute Gasteiger partial charge is 0.356 e. The Labute approximate surface area is 149 Å². The summed E-state index contributed by atoms with van der Waals surface area (Å²) >= 11 is 0. The van der Waals surface area contributed by atoms with Crippen molar-refractivity contribution in [1.82, 2.24) is 24.7 Å². The van der Waals surface area contributed by atoms with Crippen molar-refractivity contribution < 1.29 is 0 Å². The third-order valence-corrected chi connectivity index (χ3v) is 5.42.